The van der Waals surface area contributed by atoms with Crippen molar-refractivity contribution in [3.63, 3.8) is 0 Å². The molecular weight excluding hydrogens is 408 g/mol. The van der Waals surface area contributed by atoms with E-state index in [1.807, 2.05) is 24.3 Å². The summed E-state index contributed by atoms with van der Waals surface area (Å²) in [6.07, 6.45) is 5.41. The van der Waals surface area contributed by atoms with E-state index < -0.39 is 0 Å². The molecular formula is C24H28N4O4. The molecule has 0 spiro atoms. The van der Waals surface area contributed by atoms with Crippen LogP contribution in [0.25, 0.3) is 11.4 Å². The van der Waals surface area contributed by atoms with Gasteiger partial charge >= 0.3 is 0 Å². The van der Waals surface area contributed by atoms with Gasteiger partial charge in [-0.15, -0.1) is 0 Å². The number of hydrogen-bond acceptors (Lipinski definition) is 7. The molecule has 0 radical (unpaired) electrons. The van der Waals surface area contributed by atoms with Crippen molar-refractivity contribution >= 4 is 0 Å². The molecule has 1 aliphatic rings. The molecule has 0 amide bonds. The summed E-state index contributed by atoms with van der Waals surface area (Å²) < 4.78 is 16.5. The molecule has 32 heavy (non-hydrogen) atoms. The van der Waals surface area contributed by atoms with E-state index in [-0.39, 0.29) is 11.5 Å². The number of ether oxygens (including phenoxy) is 3. The number of pyridine rings is 1. The van der Waals surface area contributed by atoms with Crippen LogP contribution in [0, 0.1) is 0 Å². The predicted octanol–water partition coefficient (Wildman–Crippen LogP) is 3.24. The van der Waals surface area contributed by atoms with Gasteiger partial charge in [0, 0.05) is 54.7 Å². The van der Waals surface area contributed by atoms with Crippen LogP contribution in [-0.4, -0.2) is 54.3 Å². The van der Waals surface area contributed by atoms with Gasteiger partial charge in [-0.3, -0.25) is 14.7 Å². The van der Waals surface area contributed by atoms with Crippen molar-refractivity contribution < 1.29 is 14.2 Å². The van der Waals surface area contributed by atoms with Crippen molar-refractivity contribution in [2.24, 2.45) is 0 Å². The Morgan fingerprint density at radius 3 is 2.47 bits per heavy atom. The molecule has 1 fully saturated rings. The summed E-state index contributed by atoms with van der Waals surface area (Å²) in [5, 5.41) is 0. The minimum Gasteiger partial charge on any atom is -0.496 e. The highest BCUT2D eigenvalue weighted by atomic mass is 16.5. The third-order valence-corrected chi connectivity index (χ3v) is 5.82. The molecule has 3 aromatic rings. The lowest BCUT2D eigenvalue weighted by atomic mass is 9.94. The standard InChI is InChI=1S/C24H28N4O4/c1-30-20-13-22(32-3)21(31-2)11-18(20)15-28-10-4-5-17(14-28)19-12-23(29)27-24(26-19)16-6-8-25-9-7-16/h6-9,11-13,17H,4-5,10,14-15H2,1-3H3,(H,26,27,29). The van der Waals surface area contributed by atoms with Gasteiger partial charge in [-0.25, -0.2) is 4.98 Å². The molecule has 1 unspecified atom stereocenters. The summed E-state index contributed by atoms with van der Waals surface area (Å²) in [5.41, 5.74) is 2.56. The smallest absolute Gasteiger partial charge is 0.251 e. The summed E-state index contributed by atoms with van der Waals surface area (Å²) in [6, 6.07) is 9.14. The highest BCUT2D eigenvalue weighted by Gasteiger charge is 2.25. The Morgan fingerprint density at radius 2 is 1.75 bits per heavy atom. The second-order valence-corrected chi connectivity index (χ2v) is 7.85. The van der Waals surface area contributed by atoms with Crippen LogP contribution in [0.3, 0.4) is 0 Å². The van der Waals surface area contributed by atoms with E-state index in [9.17, 15) is 4.79 Å². The average Bonchev–Trinajstić information content (AvgIpc) is 2.84. The number of piperidine rings is 1. The second kappa shape index (κ2) is 9.82. The summed E-state index contributed by atoms with van der Waals surface area (Å²) in [5.74, 6) is 2.83. The van der Waals surface area contributed by atoms with Crippen LogP contribution in [0.1, 0.15) is 30.0 Å². The van der Waals surface area contributed by atoms with E-state index in [0.29, 0.717) is 23.9 Å². The molecule has 2 aromatic heterocycles. The Kier molecular flexibility index (Phi) is 6.70. The van der Waals surface area contributed by atoms with Crippen molar-refractivity contribution in [2.75, 3.05) is 34.4 Å². The maximum absolute atomic E-state index is 12.3. The number of nitrogens with zero attached hydrogens (tertiary/aromatic N) is 3. The number of methoxy groups -OCH3 is 3. The quantitative estimate of drug-likeness (QED) is 0.608. The van der Waals surface area contributed by atoms with Crippen molar-refractivity contribution in [3.8, 4) is 28.6 Å². The summed E-state index contributed by atoms with van der Waals surface area (Å²) in [7, 11) is 4.90. The van der Waals surface area contributed by atoms with E-state index >= 15 is 0 Å². The molecule has 1 aliphatic heterocycles. The first kappa shape index (κ1) is 21.8. The SMILES string of the molecule is COc1cc(OC)c(OC)cc1CN1CCCC(c2cc(=O)[nH]c(-c3ccncc3)n2)C1. The van der Waals surface area contributed by atoms with E-state index in [0.717, 1.165) is 48.5 Å². The van der Waals surface area contributed by atoms with Crippen molar-refractivity contribution in [3.05, 3.63) is 64.3 Å². The van der Waals surface area contributed by atoms with Gasteiger partial charge in [-0.2, -0.15) is 0 Å². The molecule has 8 heteroatoms. The molecule has 3 heterocycles. The molecule has 0 bridgehead atoms. The number of H-pyrrole nitrogens is 1. The van der Waals surface area contributed by atoms with Crippen molar-refractivity contribution in [1.29, 1.82) is 0 Å². The molecule has 1 N–H and O–H groups in total. The van der Waals surface area contributed by atoms with Crippen LogP contribution >= 0.6 is 0 Å². The van der Waals surface area contributed by atoms with Crippen LogP contribution in [0.4, 0.5) is 0 Å². The molecule has 8 nitrogen and oxygen atoms in total. The minimum atomic E-state index is -0.138. The highest BCUT2D eigenvalue weighted by Crippen LogP contribution is 2.36. The number of aromatic nitrogens is 3. The number of nitrogens with one attached hydrogen (secondary N) is 1. The van der Waals surface area contributed by atoms with Crippen molar-refractivity contribution in [1.82, 2.24) is 19.9 Å². The fourth-order valence-electron chi connectivity index (χ4n) is 4.23. The number of benzene rings is 1. The van der Waals surface area contributed by atoms with E-state index in [1.165, 1.54) is 0 Å². The Morgan fingerprint density at radius 1 is 1.03 bits per heavy atom. The van der Waals surface area contributed by atoms with Crippen LogP contribution in [0.15, 0.2) is 47.5 Å². The van der Waals surface area contributed by atoms with Crippen LogP contribution in [-0.2, 0) is 6.54 Å². The van der Waals surface area contributed by atoms with Gasteiger partial charge < -0.3 is 19.2 Å². The average molecular weight is 437 g/mol. The summed E-state index contributed by atoms with van der Waals surface area (Å²) in [6.45, 7) is 2.48. The lowest BCUT2D eigenvalue weighted by Gasteiger charge is -2.33. The van der Waals surface area contributed by atoms with Crippen LogP contribution < -0.4 is 19.8 Å². The lowest BCUT2D eigenvalue weighted by Crippen LogP contribution is -2.34. The number of hydrogen-bond donors (Lipinski definition) is 1. The van der Waals surface area contributed by atoms with E-state index in [2.05, 4.69) is 14.9 Å². The topological polar surface area (TPSA) is 89.6 Å². The van der Waals surface area contributed by atoms with Crippen molar-refractivity contribution in [2.45, 2.75) is 25.3 Å². The first-order valence-corrected chi connectivity index (χ1v) is 10.6. The molecule has 4 rings (SSSR count). The first-order chi connectivity index (χ1) is 15.6. The van der Waals surface area contributed by atoms with Gasteiger partial charge in [0.25, 0.3) is 5.56 Å². The monoisotopic (exact) mass is 436 g/mol. The molecule has 1 saturated heterocycles. The predicted molar refractivity (Wildman–Crippen MR) is 121 cm³/mol. The zero-order valence-corrected chi connectivity index (χ0v) is 18.6. The Hall–Kier alpha value is -3.39. The lowest BCUT2D eigenvalue weighted by molar-refractivity contribution is 0.196. The van der Waals surface area contributed by atoms with Crippen LogP contribution in [0.2, 0.25) is 0 Å². The number of aromatic amines is 1. The number of rotatable bonds is 7. The number of likely N-dealkylation sites (tertiary alicyclic amines) is 1. The molecule has 0 saturated carbocycles. The summed E-state index contributed by atoms with van der Waals surface area (Å²) in [4.78, 5) is 26.4. The summed E-state index contributed by atoms with van der Waals surface area (Å²) >= 11 is 0. The Balaban J connectivity index is 1.56. The molecule has 1 aromatic carbocycles. The molecule has 168 valence electrons. The molecule has 1 atom stereocenters. The minimum absolute atomic E-state index is 0.138. The fourth-order valence-corrected chi connectivity index (χ4v) is 4.23. The maximum atomic E-state index is 12.3. The third-order valence-electron chi connectivity index (χ3n) is 5.82. The zero-order valence-electron chi connectivity index (χ0n) is 18.6. The second-order valence-electron chi connectivity index (χ2n) is 7.85. The third kappa shape index (κ3) is 4.75. The van der Waals surface area contributed by atoms with Gasteiger partial charge in [-0.05, 0) is 37.6 Å². The zero-order chi connectivity index (χ0) is 22.5. The molecule has 0 aliphatic carbocycles. The fraction of sp³-hybridized carbons (Fsp3) is 0.375. The maximum Gasteiger partial charge on any atom is 0.251 e. The van der Waals surface area contributed by atoms with Crippen LogP contribution in [0.5, 0.6) is 17.2 Å². The Bertz CT molecular complexity index is 1120. The Labute approximate surface area is 187 Å². The van der Waals surface area contributed by atoms with Gasteiger partial charge in [-0.1, -0.05) is 0 Å². The van der Waals surface area contributed by atoms with Gasteiger partial charge in [0.05, 0.1) is 27.0 Å². The van der Waals surface area contributed by atoms with E-state index in [1.54, 1.807) is 39.8 Å². The van der Waals surface area contributed by atoms with E-state index in [4.69, 9.17) is 19.2 Å². The van der Waals surface area contributed by atoms with Gasteiger partial charge in [0.1, 0.15) is 11.6 Å². The normalized spacial score (nSPS) is 16.5. The van der Waals surface area contributed by atoms with Gasteiger partial charge in [0.2, 0.25) is 0 Å². The largest absolute Gasteiger partial charge is 0.496 e. The highest BCUT2D eigenvalue weighted by molar-refractivity contribution is 5.53. The first-order valence-electron chi connectivity index (χ1n) is 10.6. The van der Waals surface area contributed by atoms with Gasteiger partial charge in [0.15, 0.2) is 11.5 Å².